The number of aromatic nitrogens is 1. The topological polar surface area (TPSA) is 25.4 Å². The van der Waals surface area contributed by atoms with Crippen LogP contribution in [-0.2, 0) is 26.2 Å². The molecule has 4 aromatic rings. The molecule has 0 unspecified atom stereocenters. The predicted molar refractivity (Wildman–Crippen MR) is 121 cm³/mol. The Balaban J connectivity index is 1.46. The summed E-state index contributed by atoms with van der Waals surface area (Å²) in [5, 5.41) is 0. The third kappa shape index (κ3) is 6.03. The Kier molecular flexibility index (Phi) is 6.87. The minimum absolute atomic E-state index is 0.474. The van der Waals surface area contributed by atoms with Gasteiger partial charge in [-0.05, 0) is 41.0 Å². The molecule has 0 aliphatic carbocycles. The summed E-state index contributed by atoms with van der Waals surface area (Å²) in [6, 6.07) is 35.5. The van der Waals surface area contributed by atoms with Crippen molar-refractivity contribution in [1.29, 1.82) is 0 Å². The van der Waals surface area contributed by atoms with E-state index in [2.05, 4.69) is 88.7 Å². The summed E-state index contributed by atoms with van der Waals surface area (Å²) < 4.78 is 5.97. The average molecular weight is 395 g/mol. The molecule has 0 saturated heterocycles. The van der Waals surface area contributed by atoms with Crippen LogP contribution >= 0.6 is 0 Å². The van der Waals surface area contributed by atoms with Gasteiger partial charge in [0.25, 0.3) is 0 Å². The van der Waals surface area contributed by atoms with Gasteiger partial charge in [0.2, 0.25) is 0 Å². The molecule has 0 aliphatic rings. The highest BCUT2D eigenvalue weighted by molar-refractivity contribution is 5.29. The van der Waals surface area contributed by atoms with E-state index >= 15 is 0 Å². The SMILES string of the molecule is c1ccc(CN(Cc2ccccc2)Cc2cccc(OCc3ccccn3)c2)cc1. The fraction of sp³-hybridized carbons (Fsp3) is 0.148. The van der Waals surface area contributed by atoms with Crippen LogP contribution in [0.2, 0.25) is 0 Å². The first-order chi connectivity index (χ1) is 14.8. The van der Waals surface area contributed by atoms with Crippen molar-refractivity contribution in [2.45, 2.75) is 26.2 Å². The number of hydrogen-bond donors (Lipinski definition) is 0. The molecule has 0 spiro atoms. The summed E-state index contributed by atoms with van der Waals surface area (Å²) in [5.41, 5.74) is 4.80. The van der Waals surface area contributed by atoms with Gasteiger partial charge in [-0.15, -0.1) is 0 Å². The van der Waals surface area contributed by atoms with Gasteiger partial charge < -0.3 is 4.74 Å². The molecule has 0 radical (unpaired) electrons. The Hall–Kier alpha value is -3.43. The molecule has 0 fully saturated rings. The molecular weight excluding hydrogens is 368 g/mol. The molecule has 0 aliphatic heterocycles. The molecule has 3 nitrogen and oxygen atoms in total. The highest BCUT2D eigenvalue weighted by Crippen LogP contribution is 2.19. The molecule has 1 heterocycles. The van der Waals surface area contributed by atoms with Crippen molar-refractivity contribution in [2.24, 2.45) is 0 Å². The van der Waals surface area contributed by atoms with E-state index < -0.39 is 0 Å². The third-order valence-corrected chi connectivity index (χ3v) is 4.92. The second kappa shape index (κ2) is 10.4. The van der Waals surface area contributed by atoms with Gasteiger partial charge in [-0.25, -0.2) is 0 Å². The highest BCUT2D eigenvalue weighted by Gasteiger charge is 2.09. The zero-order valence-electron chi connectivity index (χ0n) is 17.0. The second-order valence-electron chi connectivity index (χ2n) is 7.37. The Labute approximate surface area is 178 Å². The normalized spacial score (nSPS) is 10.8. The van der Waals surface area contributed by atoms with Gasteiger partial charge in [0, 0.05) is 25.8 Å². The lowest BCUT2D eigenvalue weighted by Crippen LogP contribution is -2.22. The highest BCUT2D eigenvalue weighted by atomic mass is 16.5. The van der Waals surface area contributed by atoms with Crippen LogP contribution in [0.4, 0.5) is 0 Å². The zero-order chi connectivity index (χ0) is 20.4. The van der Waals surface area contributed by atoms with Gasteiger partial charge in [-0.3, -0.25) is 9.88 Å². The van der Waals surface area contributed by atoms with Crippen molar-refractivity contribution < 1.29 is 4.74 Å². The maximum absolute atomic E-state index is 5.97. The van der Waals surface area contributed by atoms with Crippen molar-refractivity contribution in [2.75, 3.05) is 0 Å². The van der Waals surface area contributed by atoms with E-state index in [-0.39, 0.29) is 0 Å². The lowest BCUT2D eigenvalue weighted by Gasteiger charge is -2.23. The summed E-state index contributed by atoms with van der Waals surface area (Å²) in [7, 11) is 0. The third-order valence-electron chi connectivity index (χ3n) is 4.92. The maximum atomic E-state index is 5.97. The smallest absolute Gasteiger partial charge is 0.130 e. The van der Waals surface area contributed by atoms with Crippen LogP contribution in [0, 0.1) is 0 Å². The van der Waals surface area contributed by atoms with E-state index in [0.717, 1.165) is 31.1 Å². The fourth-order valence-electron chi connectivity index (χ4n) is 3.48. The summed E-state index contributed by atoms with van der Waals surface area (Å²) >= 11 is 0. The zero-order valence-corrected chi connectivity index (χ0v) is 17.0. The van der Waals surface area contributed by atoms with Gasteiger partial charge >= 0.3 is 0 Å². The number of nitrogens with zero attached hydrogens (tertiary/aromatic N) is 2. The number of pyridine rings is 1. The van der Waals surface area contributed by atoms with Crippen LogP contribution < -0.4 is 4.74 Å². The second-order valence-corrected chi connectivity index (χ2v) is 7.37. The molecule has 4 rings (SSSR count). The molecule has 30 heavy (non-hydrogen) atoms. The van der Waals surface area contributed by atoms with Crippen LogP contribution in [-0.4, -0.2) is 9.88 Å². The number of benzene rings is 3. The molecule has 0 saturated carbocycles. The monoisotopic (exact) mass is 394 g/mol. The Morgan fingerprint density at radius 3 is 1.83 bits per heavy atom. The average Bonchev–Trinajstić information content (AvgIpc) is 2.80. The molecule has 3 aromatic carbocycles. The maximum Gasteiger partial charge on any atom is 0.130 e. The van der Waals surface area contributed by atoms with Crippen molar-refractivity contribution in [3.63, 3.8) is 0 Å². The summed E-state index contributed by atoms with van der Waals surface area (Å²) in [6.07, 6.45) is 1.79. The predicted octanol–water partition coefficient (Wildman–Crippen LogP) is 5.86. The Bertz CT molecular complexity index is 979. The van der Waals surface area contributed by atoms with Crippen molar-refractivity contribution in [1.82, 2.24) is 9.88 Å². The lowest BCUT2D eigenvalue weighted by atomic mass is 10.1. The minimum atomic E-state index is 0.474. The van der Waals surface area contributed by atoms with Gasteiger partial charge in [-0.2, -0.15) is 0 Å². The van der Waals surface area contributed by atoms with E-state index in [1.54, 1.807) is 6.20 Å². The number of rotatable bonds is 9. The molecule has 150 valence electrons. The van der Waals surface area contributed by atoms with Crippen LogP contribution in [0.5, 0.6) is 5.75 Å². The van der Waals surface area contributed by atoms with Crippen molar-refractivity contribution in [3.05, 3.63) is 132 Å². The molecule has 0 atom stereocenters. The first-order valence-electron chi connectivity index (χ1n) is 10.3. The fourth-order valence-corrected chi connectivity index (χ4v) is 3.48. The first-order valence-corrected chi connectivity index (χ1v) is 10.3. The van der Waals surface area contributed by atoms with Crippen LogP contribution in [0.1, 0.15) is 22.4 Å². The standard InChI is InChI=1S/C27H26N2O/c1-3-10-23(11-4-1)19-29(20-24-12-5-2-6-13-24)21-25-14-9-16-27(18-25)30-22-26-15-7-8-17-28-26/h1-18H,19-22H2. The van der Waals surface area contributed by atoms with Gasteiger partial charge in [0.05, 0.1) is 5.69 Å². The van der Waals surface area contributed by atoms with E-state index in [9.17, 15) is 0 Å². The number of hydrogen-bond acceptors (Lipinski definition) is 3. The van der Waals surface area contributed by atoms with Gasteiger partial charge in [-0.1, -0.05) is 78.9 Å². The number of ether oxygens (including phenoxy) is 1. The van der Waals surface area contributed by atoms with E-state index in [4.69, 9.17) is 4.74 Å². The largest absolute Gasteiger partial charge is 0.487 e. The van der Waals surface area contributed by atoms with E-state index in [1.807, 2.05) is 24.3 Å². The molecular formula is C27H26N2O. The molecule has 1 aromatic heterocycles. The molecule has 0 bridgehead atoms. The van der Waals surface area contributed by atoms with Crippen LogP contribution in [0.15, 0.2) is 109 Å². The first kappa shape index (κ1) is 19.9. The molecule has 0 N–H and O–H groups in total. The Morgan fingerprint density at radius 2 is 1.20 bits per heavy atom. The van der Waals surface area contributed by atoms with Gasteiger partial charge in [0.1, 0.15) is 12.4 Å². The molecule has 0 amide bonds. The quantitative estimate of drug-likeness (QED) is 0.355. The summed E-state index contributed by atoms with van der Waals surface area (Å²) in [4.78, 5) is 6.79. The van der Waals surface area contributed by atoms with Crippen molar-refractivity contribution in [3.8, 4) is 5.75 Å². The lowest BCUT2D eigenvalue weighted by molar-refractivity contribution is 0.246. The summed E-state index contributed by atoms with van der Waals surface area (Å²) in [5.74, 6) is 0.873. The van der Waals surface area contributed by atoms with E-state index in [1.165, 1.54) is 16.7 Å². The van der Waals surface area contributed by atoms with Crippen LogP contribution in [0.3, 0.4) is 0 Å². The van der Waals surface area contributed by atoms with E-state index in [0.29, 0.717) is 6.61 Å². The Morgan fingerprint density at radius 1 is 0.600 bits per heavy atom. The van der Waals surface area contributed by atoms with Gasteiger partial charge in [0.15, 0.2) is 0 Å². The van der Waals surface area contributed by atoms with Crippen molar-refractivity contribution >= 4 is 0 Å². The molecule has 3 heteroatoms. The minimum Gasteiger partial charge on any atom is -0.487 e. The van der Waals surface area contributed by atoms with Crippen LogP contribution in [0.25, 0.3) is 0 Å². The summed E-state index contributed by atoms with van der Waals surface area (Å²) in [6.45, 7) is 3.12.